The molecule has 0 saturated carbocycles. The molecule has 0 aliphatic carbocycles. The molecule has 1 amide bonds. The van der Waals surface area contributed by atoms with Crippen molar-refractivity contribution >= 4 is 17.7 Å². The molecule has 0 spiro atoms. The van der Waals surface area contributed by atoms with Gasteiger partial charge in [-0.15, -0.1) is 0 Å². The van der Waals surface area contributed by atoms with Crippen LogP contribution >= 0.6 is 0 Å². The zero-order valence-corrected chi connectivity index (χ0v) is 18.6. The van der Waals surface area contributed by atoms with E-state index in [0.717, 1.165) is 44.8 Å². The fourth-order valence-corrected chi connectivity index (χ4v) is 3.90. The number of carbonyl (C=O) groups is 1. The first-order valence-electron chi connectivity index (χ1n) is 11.2. The summed E-state index contributed by atoms with van der Waals surface area (Å²) in [5, 5.41) is 3.18. The first kappa shape index (κ1) is 22.3. The lowest BCUT2D eigenvalue weighted by Crippen LogP contribution is -2.52. The van der Waals surface area contributed by atoms with Crippen LogP contribution in [0.1, 0.15) is 44.2 Å². The Bertz CT molecular complexity index is 825. The number of carbonyl (C=O) groups excluding carboxylic acids is 1. The molecule has 1 N–H and O–H groups in total. The summed E-state index contributed by atoms with van der Waals surface area (Å²) in [5.41, 5.74) is 3.41. The molecular weight excluding hydrogens is 370 g/mol. The van der Waals surface area contributed by atoms with Gasteiger partial charge in [0.25, 0.3) is 0 Å². The van der Waals surface area contributed by atoms with E-state index in [4.69, 9.17) is 0 Å². The van der Waals surface area contributed by atoms with Crippen LogP contribution in [0, 0.1) is 0 Å². The Hall–Kier alpha value is -2.43. The summed E-state index contributed by atoms with van der Waals surface area (Å²) in [6, 6.07) is 18.5. The smallest absolute Gasteiger partial charge is 0.241 e. The van der Waals surface area contributed by atoms with Crippen LogP contribution in [-0.2, 0) is 4.79 Å². The minimum atomic E-state index is -0.128. The number of rotatable bonds is 8. The summed E-state index contributed by atoms with van der Waals surface area (Å²) in [6.45, 7) is 11.2. The number of benzene rings is 2. The fraction of sp³-hybridized carbons (Fsp3) is 0.423. The standard InChI is InChI=1S/C26H35N3O/c1-4-21(2)24-14-8-9-15-25(24)27-26(30)22(3)29-19-17-28(18-20-29)16-10-13-23-11-6-5-7-12-23/h5-15,21-22H,4,16-20H2,1-3H3,(H,27,30)/b13-10+/t21-,22+/m1/s1. The second kappa shape index (κ2) is 11.1. The Morgan fingerprint density at radius 1 is 1.00 bits per heavy atom. The third-order valence-electron chi connectivity index (χ3n) is 6.17. The van der Waals surface area contributed by atoms with E-state index in [1.807, 2.05) is 31.2 Å². The number of piperazine rings is 1. The Labute approximate surface area is 181 Å². The van der Waals surface area contributed by atoms with Gasteiger partial charge in [-0.2, -0.15) is 0 Å². The number of anilines is 1. The van der Waals surface area contributed by atoms with E-state index in [1.54, 1.807) is 0 Å². The molecule has 2 aromatic carbocycles. The van der Waals surface area contributed by atoms with Gasteiger partial charge in [0.15, 0.2) is 0 Å². The summed E-state index contributed by atoms with van der Waals surface area (Å²) in [5.74, 6) is 0.521. The highest BCUT2D eigenvalue weighted by molar-refractivity contribution is 5.95. The Balaban J connectivity index is 1.48. The summed E-state index contributed by atoms with van der Waals surface area (Å²) in [7, 11) is 0. The Morgan fingerprint density at radius 2 is 1.67 bits per heavy atom. The predicted molar refractivity (Wildman–Crippen MR) is 127 cm³/mol. The van der Waals surface area contributed by atoms with Gasteiger partial charge in [-0.3, -0.25) is 14.6 Å². The molecule has 2 atom stereocenters. The molecule has 4 heteroatoms. The van der Waals surface area contributed by atoms with Crippen LogP contribution in [-0.4, -0.2) is 54.5 Å². The maximum atomic E-state index is 12.9. The van der Waals surface area contributed by atoms with E-state index in [9.17, 15) is 4.79 Å². The molecule has 160 valence electrons. The highest BCUT2D eigenvalue weighted by Gasteiger charge is 2.25. The predicted octanol–water partition coefficient (Wildman–Crippen LogP) is 4.86. The lowest BCUT2D eigenvalue weighted by molar-refractivity contribution is -0.121. The van der Waals surface area contributed by atoms with E-state index in [-0.39, 0.29) is 11.9 Å². The largest absolute Gasteiger partial charge is 0.324 e. The van der Waals surface area contributed by atoms with E-state index in [0.29, 0.717) is 5.92 Å². The summed E-state index contributed by atoms with van der Waals surface area (Å²) < 4.78 is 0. The molecule has 2 aromatic rings. The van der Waals surface area contributed by atoms with Crippen molar-refractivity contribution in [2.24, 2.45) is 0 Å². The van der Waals surface area contributed by atoms with Crippen molar-refractivity contribution in [2.75, 3.05) is 38.0 Å². The molecule has 1 aliphatic heterocycles. The number of para-hydroxylation sites is 1. The summed E-state index contributed by atoms with van der Waals surface area (Å²) >= 11 is 0. The maximum Gasteiger partial charge on any atom is 0.241 e. The SMILES string of the molecule is CC[C@@H](C)c1ccccc1NC(=O)[C@H](C)N1CCN(C/C=C/c2ccccc2)CC1. The van der Waals surface area contributed by atoms with Crippen LogP contribution in [0.5, 0.6) is 0 Å². The van der Waals surface area contributed by atoms with Gasteiger partial charge in [0.2, 0.25) is 5.91 Å². The normalized spacial score (nSPS) is 17.7. The average Bonchev–Trinajstić information content (AvgIpc) is 2.79. The molecule has 30 heavy (non-hydrogen) atoms. The zero-order chi connectivity index (χ0) is 21.3. The van der Waals surface area contributed by atoms with Gasteiger partial charge in [0, 0.05) is 38.4 Å². The molecular formula is C26H35N3O. The minimum Gasteiger partial charge on any atom is -0.324 e. The van der Waals surface area contributed by atoms with Crippen molar-refractivity contribution < 1.29 is 4.79 Å². The number of hydrogen-bond donors (Lipinski definition) is 1. The van der Waals surface area contributed by atoms with Gasteiger partial charge in [0.1, 0.15) is 0 Å². The molecule has 1 aliphatic rings. The summed E-state index contributed by atoms with van der Waals surface area (Å²) in [4.78, 5) is 17.6. The topological polar surface area (TPSA) is 35.6 Å². The van der Waals surface area contributed by atoms with Crippen molar-refractivity contribution in [3.8, 4) is 0 Å². The molecule has 1 heterocycles. The first-order valence-corrected chi connectivity index (χ1v) is 11.2. The minimum absolute atomic E-state index is 0.0863. The lowest BCUT2D eigenvalue weighted by Gasteiger charge is -2.37. The molecule has 1 fully saturated rings. The third-order valence-corrected chi connectivity index (χ3v) is 6.17. The highest BCUT2D eigenvalue weighted by Crippen LogP contribution is 2.26. The van der Waals surface area contributed by atoms with Crippen LogP contribution in [0.3, 0.4) is 0 Å². The molecule has 4 nitrogen and oxygen atoms in total. The third kappa shape index (κ3) is 6.04. The second-order valence-electron chi connectivity index (χ2n) is 8.21. The molecule has 0 unspecified atom stereocenters. The van der Waals surface area contributed by atoms with E-state index >= 15 is 0 Å². The lowest BCUT2D eigenvalue weighted by atomic mass is 9.97. The number of hydrogen-bond acceptors (Lipinski definition) is 3. The Kier molecular flexibility index (Phi) is 8.23. The fourth-order valence-electron chi connectivity index (χ4n) is 3.90. The van der Waals surface area contributed by atoms with Crippen molar-refractivity contribution in [2.45, 2.75) is 39.2 Å². The van der Waals surface area contributed by atoms with Crippen LogP contribution in [0.15, 0.2) is 60.7 Å². The van der Waals surface area contributed by atoms with Crippen molar-refractivity contribution in [3.63, 3.8) is 0 Å². The maximum absolute atomic E-state index is 12.9. The van der Waals surface area contributed by atoms with Crippen LogP contribution in [0.2, 0.25) is 0 Å². The van der Waals surface area contributed by atoms with Crippen LogP contribution < -0.4 is 5.32 Å². The molecule has 1 saturated heterocycles. The van der Waals surface area contributed by atoms with Crippen molar-refractivity contribution in [1.29, 1.82) is 0 Å². The monoisotopic (exact) mass is 405 g/mol. The summed E-state index contributed by atoms with van der Waals surface area (Å²) in [6.07, 6.45) is 5.47. The quantitative estimate of drug-likeness (QED) is 0.681. The Morgan fingerprint density at radius 3 is 2.37 bits per heavy atom. The van der Waals surface area contributed by atoms with Gasteiger partial charge in [-0.1, -0.05) is 74.5 Å². The van der Waals surface area contributed by atoms with Crippen LogP contribution in [0.4, 0.5) is 5.69 Å². The number of nitrogens with one attached hydrogen (secondary N) is 1. The molecule has 0 radical (unpaired) electrons. The van der Waals surface area contributed by atoms with Gasteiger partial charge < -0.3 is 5.32 Å². The van der Waals surface area contributed by atoms with E-state index in [2.05, 4.69) is 71.4 Å². The molecule has 0 aromatic heterocycles. The average molecular weight is 406 g/mol. The highest BCUT2D eigenvalue weighted by atomic mass is 16.2. The van der Waals surface area contributed by atoms with E-state index in [1.165, 1.54) is 11.1 Å². The van der Waals surface area contributed by atoms with E-state index < -0.39 is 0 Å². The van der Waals surface area contributed by atoms with Gasteiger partial charge >= 0.3 is 0 Å². The molecule has 3 rings (SSSR count). The number of amides is 1. The number of nitrogens with zero attached hydrogens (tertiary/aromatic N) is 2. The second-order valence-corrected chi connectivity index (χ2v) is 8.21. The van der Waals surface area contributed by atoms with Crippen molar-refractivity contribution in [1.82, 2.24) is 9.80 Å². The van der Waals surface area contributed by atoms with Crippen molar-refractivity contribution in [3.05, 3.63) is 71.8 Å². The van der Waals surface area contributed by atoms with Gasteiger partial charge in [-0.25, -0.2) is 0 Å². The van der Waals surface area contributed by atoms with Gasteiger partial charge in [0.05, 0.1) is 6.04 Å². The zero-order valence-electron chi connectivity index (χ0n) is 18.6. The molecule has 0 bridgehead atoms. The van der Waals surface area contributed by atoms with Gasteiger partial charge in [-0.05, 0) is 36.5 Å². The van der Waals surface area contributed by atoms with Crippen LogP contribution in [0.25, 0.3) is 6.08 Å². The first-order chi connectivity index (χ1) is 14.6.